The number of hydrazine groups is 1. The van der Waals surface area contributed by atoms with Gasteiger partial charge in [0, 0.05) is 19.1 Å². The lowest BCUT2D eigenvalue weighted by Crippen LogP contribution is -2.48. The highest BCUT2D eigenvalue weighted by Crippen LogP contribution is 2.26. The minimum Gasteiger partial charge on any atom is -0.494 e. The summed E-state index contributed by atoms with van der Waals surface area (Å²) in [5, 5.41) is 8.68. The number of carbonyl (C=O) groups is 3. The third-order valence-corrected chi connectivity index (χ3v) is 3.48. The predicted molar refractivity (Wildman–Crippen MR) is 86.1 cm³/mol. The largest absolute Gasteiger partial charge is 0.494 e. The van der Waals surface area contributed by atoms with Crippen molar-refractivity contribution in [3.8, 4) is 5.75 Å². The van der Waals surface area contributed by atoms with Crippen LogP contribution in [0.3, 0.4) is 0 Å². The van der Waals surface area contributed by atoms with Crippen LogP contribution in [0.5, 0.6) is 5.75 Å². The van der Waals surface area contributed by atoms with Gasteiger partial charge in [0.1, 0.15) is 11.8 Å². The fourth-order valence-electron chi connectivity index (χ4n) is 2.36. The fraction of sp³-hybridized carbons (Fsp3) is 0.438. The summed E-state index contributed by atoms with van der Waals surface area (Å²) in [5.74, 6) is -0.558. The molecule has 1 atom stereocenters. The van der Waals surface area contributed by atoms with Crippen LogP contribution in [0.15, 0.2) is 24.3 Å². The van der Waals surface area contributed by atoms with Gasteiger partial charge in [0.25, 0.3) is 5.91 Å². The van der Waals surface area contributed by atoms with Gasteiger partial charge in [-0.2, -0.15) is 0 Å². The van der Waals surface area contributed by atoms with Gasteiger partial charge < -0.3 is 9.84 Å². The number of carbonyl (C=O) groups excluding carboxylic acids is 3. The third-order valence-electron chi connectivity index (χ3n) is 3.48. The molecule has 3 amide bonds. The van der Waals surface area contributed by atoms with E-state index in [2.05, 4.69) is 10.9 Å². The zero-order valence-electron chi connectivity index (χ0n) is 13.4. The highest BCUT2D eigenvalue weighted by molar-refractivity contribution is 6.22. The van der Waals surface area contributed by atoms with Crippen LogP contribution in [-0.2, 0) is 14.4 Å². The Balaban J connectivity index is 2.01. The van der Waals surface area contributed by atoms with Gasteiger partial charge in [-0.3, -0.25) is 19.8 Å². The van der Waals surface area contributed by atoms with Crippen molar-refractivity contribution in [1.82, 2.24) is 10.9 Å². The second-order valence-electron chi connectivity index (χ2n) is 5.27. The Kier molecular flexibility index (Phi) is 6.28. The zero-order valence-corrected chi connectivity index (χ0v) is 13.4. The van der Waals surface area contributed by atoms with Gasteiger partial charge in [0.2, 0.25) is 11.8 Å². The number of nitrogens with zero attached hydrogens (tertiary/aromatic N) is 1. The van der Waals surface area contributed by atoms with Crippen LogP contribution in [-0.4, -0.2) is 42.1 Å². The maximum atomic E-state index is 12.4. The third kappa shape index (κ3) is 4.30. The molecule has 1 unspecified atom stereocenters. The Hall–Kier alpha value is -2.45. The highest BCUT2D eigenvalue weighted by Gasteiger charge is 2.39. The smallest absolute Gasteiger partial charge is 0.253 e. The molecule has 0 aliphatic carbocycles. The summed E-state index contributed by atoms with van der Waals surface area (Å²) in [6.07, 6.45) is 0.428. The summed E-state index contributed by atoms with van der Waals surface area (Å²) in [6.45, 7) is 2.24. The Morgan fingerprint density at radius 2 is 2.21 bits per heavy atom. The maximum absolute atomic E-state index is 12.4. The van der Waals surface area contributed by atoms with E-state index in [1.807, 2.05) is 6.92 Å². The molecule has 0 aromatic heterocycles. The molecular weight excluding hydrogens is 314 g/mol. The Bertz CT molecular complexity index is 619. The number of anilines is 1. The van der Waals surface area contributed by atoms with Crippen molar-refractivity contribution in [3.05, 3.63) is 24.3 Å². The minimum absolute atomic E-state index is 0.0437. The number of aliphatic hydroxyl groups is 1. The van der Waals surface area contributed by atoms with E-state index in [9.17, 15) is 14.4 Å². The summed E-state index contributed by atoms with van der Waals surface area (Å²) in [6, 6.07) is 5.92. The normalized spacial score (nSPS) is 17.2. The first-order chi connectivity index (χ1) is 11.6. The molecule has 0 spiro atoms. The number of ether oxygens (including phenoxy) is 1. The first-order valence-corrected chi connectivity index (χ1v) is 7.81. The number of amides is 3. The number of rotatable bonds is 8. The molecule has 24 heavy (non-hydrogen) atoms. The van der Waals surface area contributed by atoms with Crippen molar-refractivity contribution in [2.45, 2.75) is 32.2 Å². The fourth-order valence-corrected chi connectivity index (χ4v) is 2.36. The standard InChI is InChI=1S/C16H21N3O5/c1-2-24-12-6-3-5-11(9-12)19-15(22)10-13(16(19)23)17-18-14(21)7-4-8-20/h3,5-6,9,13,17,20H,2,4,7-8,10H2,1H3,(H,18,21). The van der Waals surface area contributed by atoms with Crippen molar-refractivity contribution in [2.75, 3.05) is 18.1 Å². The van der Waals surface area contributed by atoms with E-state index in [1.165, 1.54) is 0 Å². The molecule has 0 saturated carbocycles. The second-order valence-corrected chi connectivity index (χ2v) is 5.27. The molecule has 1 aromatic rings. The van der Waals surface area contributed by atoms with Crippen LogP contribution >= 0.6 is 0 Å². The molecule has 2 rings (SSSR count). The van der Waals surface area contributed by atoms with Crippen molar-refractivity contribution < 1.29 is 24.2 Å². The summed E-state index contributed by atoms with van der Waals surface area (Å²) < 4.78 is 5.38. The number of aliphatic hydroxyl groups excluding tert-OH is 1. The molecule has 8 heteroatoms. The lowest BCUT2D eigenvalue weighted by Gasteiger charge is -2.16. The SMILES string of the molecule is CCOc1cccc(N2C(=O)CC(NNC(=O)CCCO)C2=O)c1. The summed E-state index contributed by atoms with van der Waals surface area (Å²) in [5.41, 5.74) is 5.41. The molecule has 1 aliphatic heterocycles. The van der Waals surface area contributed by atoms with Gasteiger partial charge in [-0.15, -0.1) is 0 Å². The molecule has 0 bridgehead atoms. The van der Waals surface area contributed by atoms with E-state index in [4.69, 9.17) is 9.84 Å². The summed E-state index contributed by atoms with van der Waals surface area (Å²) >= 11 is 0. The number of imide groups is 1. The van der Waals surface area contributed by atoms with Crippen molar-refractivity contribution in [1.29, 1.82) is 0 Å². The van der Waals surface area contributed by atoms with Gasteiger partial charge >= 0.3 is 0 Å². The number of nitrogens with one attached hydrogen (secondary N) is 2. The van der Waals surface area contributed by atoms with E-state index in [0.29, 0.717) is 24.5 Å². The predicted octanol–water partition coefficient (Wildman–Crippen LogP) is 0.110. The van der Waals surface area contributed by atoms with E-state index in [1.54, 1.807) is 24.3 Å². The molecule has 1 heterocycles. The van der Waals surface area contributed by atoms with Gasteiger partial charge in [0.05, 0.1) is 18.7 Å². The first-order valence-electron chi connectivity index (χ1n) is 7.81. The van der Waals surface area contributed by atoms with Crippen LogP contribution in [0.2, 0.25) is 0 Å². The topological polar surface area (TPSA) is 108 Å². The molecule has 1 aromatic carbocycles. The van der Waals surface area contributed by atoms with Gasteiger partial charge in [0.15, 0.2) is 0 Å². The lowest BCUT2D eigenvalue weighted by molar-refractivity contribution is -0.123. The van der Waals surface area contributed by atoms with Crippen molar-refractivity contribution in [3.63, 3.8) is 0 Å². The number of hydrogen-bond acceptors (Lipinski definition) is 6. The van der Waals surface area contributed by atoms with Gasteiger partial charge in [-0.05, 0) is 25.5 Å². The Labute approximate surface area is 139 Å². The Morgan fingerprint density at radius 3 is 2.92 bits per heavy atom. The molecule has 0 radical (unpaired) electrons. The molecular formula is C16H21N3O5. The van der Waals surface area contributed by atoms with Crippen molar-refractivity contribution in [2.24, 2.45) is 0 Å². The molecule has 130 valence electrons. The second kappa shape index (κ2) is 8.42. The van der Waals surface area contributed by atoms with Crippen LogP contribution in [0.1, 0.15) is 26.2 Å². The summed E-state index contributed by atoms with van der Waals surface area (Å²) in [7, 11) is 0. The van der Waals surface area contributed by atoms with E-state index < -0.39 is 11.9 Å². The Morgan fingerprint density at radius 1 is 1.42 bits per heavy atom. The van der Waals surface area contributed by atoms with Crippen molar-refractivity contribution >= 4 is 23.4 Å². The van der Waals surface area contributed by atoms with E-state index in [0.717, 1.165) is 4.90 Å². The first kappa shape index (κ1) is 17.9. The van der Waals surface area contributed by atoms with E-state index >= 15 is 0 Å². The average Bonchev–Trinajstić information content (AvgIpc) is 2.85. The lowest BCUT2D eigenvalue weighted by atomic mass is 10.2. The monoisotopic (exact) mass is 335 g/mol. The highest BCUT2D eigenvalue weighted by atomic mass is 16.5. The number of hydrogen-bond donors (Lipinski definition) is 3. The zero-order chi connectivity index (χ0) is 17.5. The minimum atomic E-state index is -0.814. The summed E-state index contributed by atoms with van der Waals surface area (Å²) in [4.78, 5) is 37.2. The van der Waals surface area contributed by atoms with Gasteiger partial charge in [-0.25, -0.2) is 10.3 Å². The maximum Gasteiger partial charge on any atom is 0.253 e. The molecule has 1 aliphatic rings. The van der Waals surface area contributed by atoms with Crippen LogP contribution in [0.4, 0.5) is 5.69 Å². The number of benzene rings is 1. The van der Waals surface area contributed by atoms with Crippen LogP contribution < -0.4 is 20.5 Å². The molecule has 1 saturated heterocycles. The molecule has 1 fully saturated rings. The van der Waals surface area contributed by atoms with E-state index in [-0.39, 0.29) is 31.3 Å². The molecule has 8 nitrogen and oxygen atoms in total. The van der Waals surface area contributed by atoms with Gasteiger partial charge in [-0.1, -0.05) is 6.07 Å². The molecule has 3 N–H and O–H groups in total. The van der Waals surface area contributed by atoms with Crippen LogP contribution in [0.25, 0.3) is 0 Å². The average molecular weight is 335 g/mol. The van der Waals surface area contributed by atoms with Crippen LogP contribution in [0, 0.1) is 0 Å². The quantitative estimate of drug-likeness (QED) is 0.460.